The largest absolute Gasteiger partial charge is 0.343 e. The predicted octanol–water partition coefficient (Wildman–Crippen LogP) is 3.21. The van der Waals surface area contributed by atoms with Gasteiger partial charge in [0, 0.05) is 56.0 Å². The van der Waals surface area contributed by atoms with Crippen LogP contribution in [0.15, 0.2) is 71.7 Å². The van der Waals surface area contributed by atoms with Crippen molar-refractivity contribution in [2.24, 2.45) is 0 Å². The summed E-state index contributed by atoms with van der Waals surface area (Å²) in [5.74, 6) is -0.0589. The lowest BCUT2D eigenvalue weighted by atomic mass is 10.2. The highest BCUT2D eigenvalue weighted by Crippen LogP contribution is 2.23. The average Bonchev–Trinajstić information content (AvgIpc) is 3.12. The third kappa shape index (κ3) is 4.77. The summed E-state index contributed by atoms with van der Waals surface area (Å²) in [5, 5.41) is 5.86. The van der Waals surface area contributed by atoms with Crippen molar-refractivity contribution in [2.75, 3.05) is 26.2 Å². The molecule has 35 heavy (non-hydrogen) atoms. The summed E-state index contributed by atoms with van der Waals surface area (Å²) >= 11 is 0. The second-order valence-electron chi connectivity index (χ2n) is 9.28. The van der Waals surface area contributed by atoms with Gasteiger partial charge in [-0.15, -0.1) is 0 Å². The van der Waals surface area contributed by atoms with Gasteiger partial charge in [0.05, 0.1) is 11.6 Å². The van der Waals surface area contributed by atoms with Crippen molar-refractivity contribution in [3.8, 4) is 0 Å². The Morgan fingerprint density at radius 1 is 0.829 bits per heavy atom. The van der Waals surface area contributed by atoms with Crippen LogP contribution in [0.3, 0.4) is 0 Å². The molecular formula is C28H31N5O2. The maximum atomic E-state index is 13.3. The molecule has 1 aliphatic heterocycles. The van der Waals surface area contributed by atoms with Crippen LogP contribution in [0.2, 0.25) is 0 Å². The van der Waals surface area contributed by atoms with E-state index in [-0.39, 0.29) is 18.0 Å². The summed E-state index contributed by atoms with van der Waals surface area (Å²) in [6, 6.07) is 20.6. The van der Waals surface area contributed by atoms with Gasteiger partial charge in [0.25, 0.3) is 5.56 Å². The molecule has 0 unspecified atom stereocenters. The zero-order chi connectivity index (χ0) is 24.4. The molecule has 0 aliphatic carbocycles. The third-order valence-corrected chi connectivity index (χ3v) is 7.05. The van der Waals surface area contributed by atoms with Gasteiger partial charge in [-0.05, 0) is 25.0 Å². The van der Waals surface area contributed by atoms with Crippen molar-refractivity contribution in [3.05, 3.63) is 99.7 Å². The second kappa shape index (κ2) is 9.88. The van der Waals surface area contributed by atoms with Crippen LogP contribution >= 0.6 is 0 Å². The number of carbonyl (C=O) groups is 1. The molecule has 180 valence electrons. The Morgan fingerprint density at radius 2 is 1.43 bits per heavy atom. The van der Waals surface area contributed by atoms with Gasteiger partial charge in [0.15, 0.2) is 0 Å². The van der Waals surface area contributed by atoms with Gasteiger partial charge < -0.3 is 9.47 Å². The molecule has 7 nitrogen and oxygen atoms in total. The van der Waals surface area contributed by atoms with Crippen LogP contribution in [0.25, 0.3) is 10.8 Å². The predicted molar refractivity (Wildman–Crippen MR) is 137 cm³/mol. The normalized spacial score (nSPS) is 14.5. The number of hydrogen-bond donors (Lipinski definition) is 0. The van der Waals surface area contributed by atoms with Crippen LogP contribution < -0.4 is 5.56 Å². The van der Waals surface area contributed by atoms with Crippen molar-refractivity contribution in [1.82, 2.24) is 24.1 Å². The molecule has 5 rings (SSSR count). The lowest BCUT2D eigenvalue weighted by molar-refractivity contribution is -0.133. The Labute approximate surface area is 205 Å². The van der Waals surface area contributed by atoms with E-state index in [1.54, 1.807) is 6.20 Å². The topological polar surface area (TPSA) is 63.4 Å². The number of hydrogen-bond acceptors (Lipinski definition) is 4. The minimum Gasteiger partial charge on any atom is -0.343 e. The number of piperazine rings is 1. The molecule has 1 aliphatic rings. The Balaban J connectivity index is 1.29. The molecule has 4 aromatic rings. The monoisotopic (exact) mass is 469 g/mol. The molecule has 0 spiro atoms. The van der Waals surface area contributed by atoms with E-state index >= 15 is 0 Å². The SMILES string of the molecule is Cc1c2cnn(CC(=O)N3CCN(Cc4ccccc4)CC3)c(=O)c2c(C)n1Cc1ccccc1. The van der Waals surface area contributed by atoms with Crippen molar-refractivity contribution in [1.29, 1.82) is 0 Å². The Morgan fingerprint density at radius 3 is 2.06 bits per heavy atom. The minimum atomic E-state index is -0.203. The van der Waals surface area contributed by atoms with E-state index in [0.717, 1.165) is 36.4 Å². The highest BCUT2D eigenvalue weighted by atomic mass is 16.2. The summed E-state index contributed by atoms with van der Waals surface area (Å²) < 4.78 is 3.47. The molecule has 0 saturated carbocycles. The van der Waals surface area contributed by atoms with Crippen molar-refractivity contribution >= 4 is 16.7 Å². The Hall–Kier alpha value is -3.71. The van der Waals surface area contributed by atoms with Gasteiger partial charge >= 0.3 is 0 Å². The van der Waals surface area contributed by atoms with Crippen LogP contribution in [0.4, 0.5) is 0 Å². The van der Waals surface area contributed by atoms with Crippen LogP contribution in [0.1, 0.15) is 22.5 Å². The maximum Gasteiger partial charge on any atom is 0.276 e. The number of carbonyl (C=O) groups excluding carboxylic acids is 1. The Kier molecular flexibility index (Phi) is 6.51. The minimum absolute atomic E-state index is 0.0319. The first-order chi connectivity index (χ1) is 17.0. The molecule has 0 bridgehead atoms. The van der Waals surface area contributed by atoms with Crippen LogP contribution in [-0.2, 0) is 24.4 Å². The number of nitrogens with zero attached hydrogens (tertiary/aromatic N) is 5. The van der Waals surface area contributed by atoms with E-state index in [4.69, 9.17) is 0 Å². The van der Waals surface area contributed by atoms with Crippen LogP contribution in [-0.4, -0.2) is 56.2 Å². The quantitative estimate of drug-likeness (QED) is 0.435. The van der Waals surface area contributed by atoms with Gasteiger partial charge in [0.2, 0.25) is 5.91 Å². The smallest absolute Gasteiger partial charge is 0.276 e. The number of rotatable bonds is 6. The molecule has 0 atom stereocenters. The first-order valence-electron chi connectivity index (χ1n) is 12.1. The zero-order valence-electron chi connectivity index (χ0n) is 20.4. The standard InChI is InChI=1S/C28H31N5O2/c1-21-25-17-29-33(28(35)27(25)22(2)32(21)19-24-11-7-4-8-12-24)20-26(34)31-15-13-30(14-16-31)18-23-9-5-3-6-10-23/h3-12,17H,13-16,18-20H2,1-2H3. The van der Waals surface area contributed by atoms with E-state index in [1.165, 1.54) is 15.8 Å². The highest BCUT2D eigenvalue weighted by Gasteiger charge is 2.23. The molecule has 3 heterocycles. The number of benzene rings is 2. The van der Waals surface area contributed by atoms with Crippen LogP contribution in [0.5, 0.6) is 0 Å². The van der Waals surface area contributed by atoms with E-state index in [9.17, 15) is 9.59 Å². The first kappa shape index (κ1) is 23.1. The van der Waals surface area contributed by atoms with Gasteiger partial charge in [-0.25, -0.2) is 4.68 Å². The third-order valence-electron chi connectivity index (χ3n) is 7.05. The van der Waals surface area contributed by atoms with Gasteiger partial charge in [0.1, 0.15) is 6.54 Å². The molecule has 0 radical (unpaired) electrons. The first-order valence-corrected chi connectivity index (χ1v) is 12.1. The van der Waals surface area contributed by atoms with Gasteiger partial charge in [-0.2, -0.15) is 5.10 Å². The zero-order valence-corrected chi connectivity index (χ0v) is 20.4. The molecule has 2 aromatic heterocycles. The summed E-state index contributed by atoms with van der Waals surface area (Å²) in [6.45, 7) is 8.50. The second-order valence-corrected chi connectivity index (χ2v) is 9.28. The summed E-state index contributed by atoms with van der Waals surface area (Å²) in [7, 11) is 0. The summed E-state index contributed by atoms with van der Waals surface area (Å²) in [6.07, 6.45) is 1.73. The van der Waals surface area contributed by atoms with E-state index < -0.39 is 0 Å². The van der Waals surface area contributed by atoms with E-state index in [2.05, 4.69) is 51.0 Å². The lowest BCUT2D eigenvalue weighted by Crippen LogP contribution is -2.49. The molecule has 0 N–H and O–H groups in total. The molecule has 1 amide bonds. The van der Waals surface area contributed by atoms with Crippen LogP contribution in [0, 0.1) is 13.8 Å². The number of amides is 1. The maximum absolute atomic E-state index is 13.3. The molecule has 2 aromatic carbocycles. The summed E-state index contributed by atoms with van der Waals surface area (Å²) in [5.41, 5.74) is 4.17. The number of aryl methyl sites for hydroxylation is 2. The highest BCUT2D eigenvalue weighted by molar-refractivity contribution is 5.87. The average molecular weight is 470 g/mol. The molecule has 7 heteroatoms. The Bertz CT molecular complexity index is 1380. The van der Waals surface area contributed by atoms with Gasteiger partial charge in [-0.3, -0.25) is 14.5 Å². The fourth-order valence-electron chi connectivity index (χ4n) is 4.99. The van der Waals surface area contributed by atoms with E-state index in [1.807, 2.05) is 43.0 Å². The summed E-state index contributed by atoms with van der Waals surface area (Å²) in [4.78, 5) is 30.6. The molecule has 1 saturated heterocycles. The molecular weight excluding hydrogens is 438 g/mol. The molecule has 1 fully saturated rings. The lowest BCUT2D eigenvalue weighted by Gasteiger charge is -2.34. The van der Waals surface area contributed by atoms with Gasteiger partial charge in [-0.1, -0.05) is 60.7 Å². The van der Waals surface area contributed by atoms with Crippen molar-refractivity contribution in [3.63, 3.8) is 0 Å². The fourth-order valence-corrected chi connectivity index (χ4v) is 4.99. The fraction of sp³-hybridized carbons (Fsp3) is 0.321. The van der Waals surface area contributed by atoms with Crippen molar-refractivity contribution in [2.45, 2.75) is 33.5 Å². The van der Waals surface area contributed by atoms with Crippen molar-refractivity contribution < 1.29 is 4.79 Å². The number of aromatic nitrogens is 3. The van der Waals surface area contributed by atoms with E-state index in [0.29, 0.717) is 25.0 Å². The number of fused-ring (bicyclic) bond motifs is 1.